The highest BCUT2D eigenvalue weighted by Gasteiger charge is 2.37. The van der Waals surface area contributed by atoms with Gasteiger partial charge in [-0.2, -0.15) is 0 Å². The lowest BCUT2D eigenvalue weighted by molar-refractivity contribution is 0.0679. The predicted octanol–water partition coefficient (Wildman–Crippen LogP) is 1.36. The van der Waals surface area contributed by atoms with Crippen molar-refractivity contribution < 1.29 is 4.79 Å². The summed E-state index contributed by atoms with van der Waals surface area (Å²) in [6, 6.07) is 4.89. The van der Waals surface area contributed by atoms with Gasteiger partial charge in [-0.1, -0.05) is 6.07 Å². The zero-order valence-corrected chi connectivity index (χ0v) is 14.0. The van der Waals surface area contributed by atoms with Crippen LogP contribution >= 0.6 is 0 Å². The fraction of sp³-hybridized carbons (Fsp3) is 0.500. The van der Waals surface area contributed by atoms with E-state index in [2.05, 4.69) is 10.3 Å². The Morgan fingerprint density at radius 3 is 2.71 bits per heavy atom. The van der Waals surface area contributed by atoms with Crippen LogP contribution in [-0.4, -0.2) is 45.4 Å². The lowest BCUT2D eigenvalue weighted by Gasteiger charge is -2.35. The van der Waals surface area contributed by atoms with Gasteiger partial charge in [0.2, 0.25) is 0 Å². The van der Waals surface area contributed by atoms with Crippen LogP contribution in [0.15, 0.2) is 29.3 Å². The van der Waals surface area contributed by atoms with Gasteiger partial charge in [0.1, 0.15) is 11.2 Å². The van der Waals surface area contributed by atoms with Crippen molar-refractivity contribution >= 4 is 11.6 Å². The van der Waals surface area contributed by atoms with Crippen LogP contribution < -0.4 is 10.9 Å². The molecule has 0 aromatic carbocycles. The highest BCUT2D eigenvalue weighted by atomic mass is 16.2. The van der Waals surface area contributed by atoms with Crippen LogP contribution in [-0.2, 0) is 0 Å². The van der Waals surface area contributed by atoms with Gasteiger partial charge in [0, 0.05) is 37.6 Å². The van der Waals surface area contributed by atoms with Gasteiger partial charge < -0.3 is 10.2 Å². The van der Waals surface area contributed by atoms with Gasteiger partial charge in [-0.3, -0.25) is 14.0 Å². The van der Waals surface area contributed by atoms with Gasteiger partial charge in [0.15, 0.2) is 0 Å². The van der Waals surface area contributed by atoms with Crippen LogP contribution in [0.5, 0.6) is 0 Å². The van der Waals surface area contributed by atoms with Gasteiger partial charge >= 0.3 is 0 Å². The first-order valence-corrected chi connectivity index (χ1v) is 8.54. The van der Waals surface area contributed by atoms with Crippen molar-refractivity contribution in [3.63, 3.8) is 0 Å². The summed E-state index contributed by atoms with van der Waals surface area (Å²) in [6.45, 7) is 1.91. The number of fused-ring (bicyclic) bond motifs is 3. The summed E-state index contributed by atoms with van der Waals surface area (Å²) in [6.07, 6.45) is 7.43. The van der Waals surface area contributed by atoms with Gasteiger partial charge in [0.05, 0.1) is 0 Å². The van der Waals surface area contributed by atoms with E-state index in [1.165, 1.54) is 23.4 Å². The van der Waals surface area contributed by atoms with Gasteiger partial charge in [-0.05, 0) is 44.2 Å². The van der Waals surface area contributed by atoms with E-state index in [1.807, 2.05) is 20.0 Å². The summed E-state index contributed by atoms with van der Waals surface area (Å²) >= 11 is 0. The fourth-order valence-electron chi connectivity index (χ4n) is 4.03. The number of aryl methyl sites for hydroxylation is 1. The number of piperidine rings is 1. The zero-order valence-electron chi connectivity index (χ0n) is 14.0. The third-order valence-electron chi connectivity index (χ3n) is 5.40. The second kappa shape index (κ2) is 5.70. The molecule has 1 N–H and O–H groups in total. The Labute approximate surface area is 140 Å². The van der Waals surface area contributed by atoms with E-state index in [0.717, 1.165) is 18.4 Å². The molecule has 2 aliphatic rings. The van der Waals surface area contributed by atoms with Crippen LogP contribution in [0.1, 0.15) is 41.6 Å². The molecule has 2 aromatic rings. The first kappa shape index (κ1) is 15.3. The molecule has 2 aliphatic heterocycles. The molecule has 4 heterocycles. The average molecular weight is 326 g/mol. The molecule has 24 heavy (non-hydrogen) atoms. The topological polar surface area (TPSA) is 66.7 Å². The minimum atomic E-state index is -0.294. The highest BCUT2D eigenvalue weighted by Crippen LogP contribution is 2.29. The molecule has 126 valence electrons. The third-order valence-corrected chi connectivity index (χ3v) is 5.40. The summed E-state index contributed by atoms with van der Waals surface area (Å²) in [4.78, 5) is 31.6. The Morgan fingerprint density at radius 1 is 1.29 bits per heavy atom. The third kappa shape index (κ3) is 2.51. The highest BCUT2D eigenvalue weighted by molar-refractivity contribution is 5.93. The number of aromatic nitrogens is 2. The first-order chi connectivity index (χ1) is 11.5. The zero-order chi connectivity index (χ0) is 16.8. The minimum absolute atomic E-state index is 0.145. The number of amides is 1. The Morgan fingerprint density at radius 2 is 2.00 bits per heavy atom. The number of nitrogens with zero attached hydrogens (tertiary/aromatic N) is 3. The van der Waals surface area contributed by atoms with Crippen molar-refractivity contribution in [2.75, 3.05) is 7.05 Å². The number of hydrogen-bond donors (Lipinski definition) is 1. The maximum Gasteiger partial charge on any atom is 0.270 e. The molecule has 4 rings (SSSR count). The lowest BCUT2D eigenvalue weighted by Crippen LogP contribution is -2.49. The van der Waals surface area contributed by atoms with Crippen molar-refractivity contribution in [3.8, 4) is 0 Å². The summed E-state index contributed by atoms with van der Waals surface area (Å²) in [5, 5.41) is 3.58. The summed E-state index contributed by atoms with van der Waals surface area (Å²) in [5.74, 6) is -0.227. The Hall–Kier alpha value is -2.21. The molecule has 2 saturated heterocycles. The van der Waals surface area contributed by atoms with Crippen LogP contribution in [0.2, 0.25) is 0 Å². The van der Waals surface area contributed by atoms with Gasteiger partial charge in [-0.25, -0.2) is 4.98 Å². The second-order valence-electron chi connectivity index (χ2n) is 7.09. The van der Waals surface area contributed by atoms with Crippen molar-refractivity contribution in [1.29, 1.82) is 0 Å². The molecule has 0 spiro atoms. The molecule has 0 radical (unpaired) electrons. The molecular formula is C18H22N4O2. The van der Waals surface area contributed by atoms with E-state index in [-0.39, 0.29) is 23.1 Å². The maximum atomic E-state index is 12.9. The molecular weight excluding hydrogens is 304 g/mol. The number of rotatable bonds is 2. The van der Waals surface area contributed by atoms with Crippen LogP contribution in [0.25, 0.3) is 5.65 Å². The summed E-state index contributed by atoms with van der Waals surface area (Å²) < 4.78 is 1.46. The molecule has 2 atom stereocenters. The largest absolute Gasteiger partial charge is 0.338 e. The molecule has 2 unspecified atom stereocenters. The Bertz CT molecular complexity index is 848. The number of carbonyl (C=O) groups excluding carboxylic acids is 1. The molecule has 0 aliphatic carbocycles. The number of hydrogen-bond acceptors (Lipinski definition) is 4. The lowest BCUT2D eigenvalue weighted by atomic mass is 9.98. The quantitative estimate of drug-likeness (QED) is 0.905. The molecule has 0 saturated carbocycles. The van der Waals surface area contributed by atoms with E-state index in [9.17, 15) is 9.59 Å². The van der Waals surface area contributed by atoms with Crippen LogP contribution in [0, 0.1) is 6.92 Å². The van der Waals surface area contributed by atoms with Crippen molar-refractivity contribution in [3.05, 3.63) is 46.0 Å². The molecule has 1 amide bonds. The van der Waals surface area contributed by atoms with Gasteiger partial charge in [0.25, 0.3) is 11.5 Å². The second-order valence-corrected chi connectivity index (χ2v) is 7.09. The predicted molar refractivity (Wildman–Crippen MR) is 91.3 cm³/mol. The van der Waals surface area contributed by atoms with Crippen molar-refractivity contribution in [1.82, 2.24) is 19.6 Å². The normalized spacial score (nSPS) is 25.8. The summed E-state index contributed by atoms with van der Waals surface area (Å²) in [5.41, 5.74) is 1.37. The Balaban J connectivity index is 1.65. The summed E-state index contributed by atoms with van der Waals surface area (Å²) in [7, 11) is 1.81. The molecule has 6 nitrogen and oxygen atoms in total. The van der Waals surface area contributed by atoms with Crippen LogP contribution in [0.3, 0.4) is 0 Å². The number of pyridine rings is 1. The smallest absolute Gasteiger partial charge is 0.270 e. The minimum Gasteiger partial charge on any atom is -0.338 e. The van der Waals surface area contributed by atoms with Gasteiger partial charge in [-0.15, -0.1) is 0 Å². The van der Waals surface area contributed by atoms with E-state index < -0.39 is 0 Å². The van der Waals surface area contributed by atoms with Crippen molar-refractivity contribution in [2.24, 2.45) is 0 Å². The fourth-order valence-corrected chi connectivity index (χ4v) is 4.03. The maximum absolute atomic E-state index is 12.9. The van der Waals surface area contributed by atoms with E-state index >= 15 is 0 Å². The molecule has 2 aromatic heterocycles. The van der Waals surface area contributed by atoms with Crippen molar-refractivity contribution in [2.45, 2.75) is 50.7 Å². The SMILES string of the molecule is Cc1ccc2ncc(C(=O)N(C)C3CC4CCC(C3)N4)c(=O)n2c1. The van der Waals surface area contributed by atoms with Crippen LogP contribution in [0.4, 0.5) is 0 Å². The van der Waals surface area contributed by atoms with E-state index in [1.54, 1.807) is 17.2 Å². The average Bonchev–Trinajstić information content (AvgIpc) is 2.92. The molecule has 6 heteroatoms. The molecule has 2 bridgehead atoms. The van der Waals surface area contributed by atoms with E-state index in [0.29, 0.717) is 17.7 Å². The standard InChI is InChI=1S/C18H22N4O2/c1-11-3-6-16-19-9-15(18(24)22(16)10-11)17(23)21(2)14-7-12-4-5-13(8-14)20-12/h3,6,9-10,12-14,20H,4-5,7-8H2,1-2H3. The Kier molecular flexibility index (Phi) is 3.64. The number of carbonyl (C=O) groups is 1. The molecule has 2 fully saturated rings. The first-order valence-electron chi connectivity index (χ1n) is 8.54. The van der Waals surface area contributed by atoms with E-state index in [4.69, 9.17) is 0 Å². The monoisotopic (exact) mass is 326 g/mol. The number of nitrogens with one attached hydrogen (secondary N) is 1.